The first kappa shape index (κ1) is 35.2. The highest BCUT2D eigenvalue weighted by molar-refractivity contribution is 6.20. The second kappa shape index (κ2) is 15.1. The van der Waals surface area contributed by atoms with Gasteiger partial charge in [-0.05, 0) is 95.0 Å². The normalized spacial score (nSPS) is 11.3. The van der Waals surface area contributed by atoms with E-state index in [1.165, 1.54) is 37.9 Å². The van der Waals surface area contributed by atoms with Gasteiger partial charge in [0.15, 0.2) is 17.5 Å². The van der Waals surface area contributed by atoms with Gasteiger partial charge in [0.25, 0.3) is 0 Å². The van der Waals surface area contributed by atoms with E-state index in [0.29, 0.717) is 17.5 Å². The summed E-state index contributed by atoms with van der Waals surface area (Å²) in [7, 11) is 0. The SMILES string of the molecule is c1ccc(-c2cccc(-c3nc(-c4ccc(-c5c6ccccc6cc6c5ccc5ccccc56)cc4)nc(-c4ccc(-c5ccccc5)c(-c5ccccc5)c4)n3)c2)cc1. The molecule has 11 rings (SSSR count). The Balaban J connectivity index is 1.08. The first-order chi connectivity index (χ1) is 29.7. The van der Waals surface area contributed by atoms with Crippen molar-refractivity contribution in [3.05, 3.63) is 224 Å². The van der Waals surface area contributed by atoms with Crippen molar-refractivity contribution in [2.24, 2.45) is 0 Å². The van der Waals surface area contributed by atoms with Gasteiger partial charge in [-0.2, -0.15) is 0 Å². The second-order valence-corrected chi connectivity index (χ2v) is 15.2. The van der Waals surface area contributed by atoms with Gasteiger partial charge in [-0.3, -0.25) is 0 Å². The van der Waals surface area contributed by atoms with Crippen LogP contribution in [0.2, 0.25) is 0 Å². The number of hydrogen-bond donors (Lipinski definition) is 0. The molecule has 280 valence electrons. The molecule has 1 heterocycles. The molecule has 0 bridgehead atoms. The Morgan fingerprint density at radius 1 is 0.217 bits per heavy atom. The molecule has 0 saturated carbocycles. The van der Waals surface area contributed by atoms with Crippen molar-refractivity contribution >= 4 is 32.3 Å². The van der Waals surface area contributed by atoms with E-state index in [0.717, 1.165) is 55.6 Å². The molecule has 0 aliphatic carbocycles. The standard InChI is InChI=1S/C57H37N3/c1-4-15-38(16-5-1)44-23-14-24-46(35-44)56-58-55(59-57(60-56)47-32-33-49(39-17-6-2-7-18-39)52(37-47)40-19-8-3-9-20-40)43-29-27-42(28-30-43)54-50-26-13-11-22-45(50)36-53-48-25-12-10-21-41(48)31-34-51(53)54/h1-37H. The molecule has 0 amide bonds. The van der Waals surface area contributed by atoms with Gasteiger partial charge in [0.1, 0.15) is 0 Å². The average Bonchev–Trinajstić information content (AvgIpc) is 3.34. The van der Waals surface area contributed by atoms with Crippen LogP contribution in [0.15, 0.2) is 224 Å². The topological polar surface area (TPSA) is 38.7 Å². The first-order valence-electron chi connectivity index (χ1n) is 20.3. The molecule has 11 aromatic rings. The molecule has 0 unspecified atom stereocenters. The third kappa shape index (κ3) is 6.49. The molecule has 1 aromatic heterocycles. The van der Waals surface area contributed by atoms with E-state index in [9.17, 15) is 0 Å². The van der Waals surface area contributed by atoms with Crippen molar-refractivity contribution in [2.75, 3.05) is 0 Å². The summed E-state index contributed by atoms with van der Waals surface area (Å²) < 4.78 is 0. The molecule has 0 aliphatic rings. The van der Waals surface area contributed by atoms with Gasteiger partial charge >= 0.3 is 0 Å². The van der Waals surface area contributed by atoms with Gasteiger partial charge in [0, 0.05) is 16.7 Å². The van der Waals surface area contributed by atoms with E-state index >= 15 is 0 Å². The molecule has 0 atom stereocenters. The number of aromatic nitrogens is 3. The van der Waals surface area contributed by atoms with Crippen molar-refractivity contribution in [3.8, 4) is 78.7 Å². The summed E-state index contributed by atoms with van der Waals surface area (Å²) in [4.78, 5) is 15.6. The van der Waals surface area contributed by atoms with E-state index in [1.54, 1.807) is 0 Å². The predicted molar refractivity (Wildman–Crippen MR) is 250 cm³/mol. The fourth-order valence-corrected chi connectivity index (χ4v) is 8.56. The summed E-state index contributed by atoms with van der Waals surface area (Å²) in [5.74, 6) is 1.86. The number of hydrogen-bond acceptors (Lipinski definition) is 3. The average molecular weight is 764 g/mol. The van der Waals surface area contributed by atoms with E-state index in [4.69, 9.17) is 15.0 Å². The molecule has 0 N–H and O–H groups in total. The fraction of sp³-hybridized carbons (Fsp3) is 0. The highest BCUT2D eigenvalue weighted by atomic mass is 15.0. The molecule has 0 spiro atoms. The maximum Gasteiger partial charge on any atom is 0.164 e. The maximum atomic E-state index is 5.23. The Morgan fingerprint density at radius 2 is 0.717 bits per heavy atom. The number of rotatable bonds is 7. The van der Waals surface area contributed by atoms with Crippen LogP contribution >= 0.6 is 0 Å². The Hall–Kier alpha value is -8.01. The van der Waals surface area contributed by atoms with Gasteiger partial charge in [0.05, 0.1) is 0 Å². The zero-order chi connectivity index (χ0) is 39.8. The van der Waals surface area contributed by atoms with E-state index in [2.05, 4.69) is 218 Å². The van der Waals surface area contributed by atoms with Crippen LogP contribution in [0.4, 0.5) is 0 Å². The van der Waals surface area contributed by atoms with E-state index in [1.807, 2.05) is 6.07 Å². The van der Waals surface area contributed by atoms with Crippen LogP contribution in [-0.4, -0.2) is 15.0 Å². The molecular formula is C57H37N3. The van der Waals surface area contributed by atoms with Crippen molar-refractivity contribution < 1.29 is 0 Å². The molecule has 3 heteroatoms. The summed E-state index contributed by atoms with van der Waals surface area (Å²) in [6.07, 6.45) is 0. The summed E-state index contributed by atoms with van der Waals surface area (Å²) in [6, 6.07) is 79.5. The minimum atomic E-state index is 0.618. The third-order valence-corrected chi connectivity index (χ3v) is 11.5. The van der Waals surface area contributed by atoms with Crippen LogP contribution in [0.5, 0.6) is 0 Å². The van der Waals surface area contributed by atoms with Crippen LogP contribution in [-0.2, 0) is 0 Å². The zero-order valence-electron chi connectivity index (χ0n) is 32.7. The van der Waals surface area contributed by atoms with Crippen LogP contribution in [0.25, 0.3) is 111 Å². The highest BCUT2D eigenvalue weighted by Gasteiger charge is 2.17. The number of nitrogens with zero attached hydrogens (tertiary/aromatic N) is 3. The molecule has 0 aliphatic heterocycles. The molecule has 0 fully saturated rings. The van der Waals surface area contributed by atoms with Crippen LogP contribution in [0.3, 0.4) is 0 Å². The lowest BCUT2D eigenvalue weighted by atomic mass is 9.89. The van der Waals surface area contributed by atoms with Gasteiger partial charge in [-0.15, -0.1) is 0 Å². The molecule has 3 nitrogen and oxygen atoms in total. The molecular weight excluding hydrogens is 727 g/mol. The van der Waals surface area contributed by atoms with Gasteiger partial charge in [-0.25, -0.2) is 15.0 Å². The highest BCUT2D eigenvalue weighted by Crippen LogP contribution is 2.41. The Labute approximate surface area is 349 Å². The Bertz CT molecular complexity index is 3340. The minimum Gasteiger partial charge on any atom is -0.208 e. The fourth-order valence-electron chi connectivity index (χ4n) is 8.56. The third-order valence-electron chi connectivity index (χ3n) is 11.5. The van der Waals surface area contributed by atoms with Crippen LogP contribution < -0.4 is 0 Å². The molecule has 10 aromatic carbocycles. The lowest BCUT2D eigenvalue weighted by Gasteiger charge is -2.15. The van der Waals surface area contributed by atoms with Gasteiger partial charge in [-0.1, -0.05) is 206 Å². The lowest BCUT2D eigenvalue weighted by Crippen LogP contribution is -2.01. The minimum absolute atomic E-state index is 0.618. The molecule has 60 heavy (non-hydrogen) atoms. The summed E-state index contributed by atoms with van der Waals surface area (Å²) in [6.45, 7) is 0. The molecule has 0 saturated heterocycles. The van der Waals surface area contributed by atoms with Crippen LogP contribution in [0, 0.1) is 0 Å². The quantitative estimate of drug-likeness (QED) is 0.120. The van der Waals surface area contributed by atoms with E-state index < -0.39 is 0 Å². The van der Waals surface area contributed by atoms with Crippen LogP contribution in [0.1, 0.15) is 0 Å². The molecule has 0 radical (unpaired) electrons. The Morgan fingerprint density at radius 3 is 1.42 bits per heavy atom. The maximum absolute atomic E-state index is 5.23. The predicted octanol–water partition coefficient (Wildman–Crippen LogP) is 15.0. The van der Waals surface area contributed by atoms with Crippen molar-refractivity contribution in [2.45, 2.75) is 0 Å². The number of benzene rings is 10. The monoisotopic (exact) mass is 763 g/mol. The Kier molecular flexibility index (Phi) is 8.83. The zero-order valence-corrected chi connectivity index (χ0v) is 32.7. The summed E-state index contributed by atoms with van der Waals surface area (Å²) in [5, 5.41) is 7.43. The van der Waals surface area contributed by atoms with Crippen molar-refractivity contribution in [3.63, 3.8) is 0 Å². The van der Waals surface area contributed by atoms with Gasteiger partial charge in [0.2, 0.25) is 0 Å². The lowest BCUT2D eigenvalue weighted by molar-refractivity contribution is 1.07. The first-order valence-corrected chi connectivity index (χ1v) is 20.3. The van der Waals surface area contributed by atoms with Gasteiger partial charge < -0.3 is 0 Å². The summed E-state index contributed by atoms with van der Waals surface area (Å²) in [5.41, 5.74) is 11.9. The van der Waals surface area contributed by atoms with Crippen molar-refractivity contribution in [1.29, 1.82) is 0 Å². The van der Waals surface area contributed by atoms with E-state index in [-0.39, 0.29) is 0 Å². The number of fused-ring (bicyclic) bond motifs is 4. The second-order valence-electron chi connectivity index (χ2n) is 15.2. The smallest absolute Gasteiger partial charge is 0.164 e. The largest absolute Gasteiger partial charge is 0.208 e. The summed E-state index contributed by atoms with van der Waals surface area (Å²) >= 11 is 0. The van der Waals surface area contributed by atoms with Crippen molar-refractivity contribution in [1.82, 2.24) is 15.0 Å².